The molecule has 1 unspecified atom stereocenters. The highest BCUT2D eigenvalue weighted by Gasteiger charge is 2.30. The molecule has 0 bridgehead atoms. The van der Waals surface area contributed by atoms with Crippen LogP contribution in [-0.2, 0) is 4.74 Å². The minimum atomic E-state index is -4.89. The summed E-state index contributed by atoms with van der Waals surface area (Å²) in [5.74, 6) is -2.45. The minimum Gasteiger partial charge on any atom is -0.405 e. The van der Waals surface area contributed by atoms with Gasteiger partial charge in [-0.3, -0.25) is 14.1 Å². The Bertz CT molecular complexity index is 1230. The Kier molecular flexibility index (Phi) is 6.65. The number of fused-ring (bicyclic) bond motifs is 1. The van der Waals surface area contributed by atoms with Crippen molar-refractivity contribution in [3.8, 4) is 11.4 Å². The van der Waals surface area contributed by atoms with Gasteiger partial charge in [-0.1, -0.05) is 11.6 Å². The van der Waals surface area contributed by atoms with E-state index in [4.69, 9.17) is 16.3 Å². The first-order valence-corrected chi connectivity index (χ1v) is 9.19. The lowest BCUT2D eigenvalue weighted by Crippen LogP contribution is -2.39. The standard InChI is InChI=1S/C19H13ClF5N3O4/c1-9(8-31-19(23,24)25)26-18(30)32-14-7-28(13-4-2-10(21)6-12(13)22)17-11(16(14)29)3-5-15(20)27-17/h2-7,9H,8H2,1H3,(H,26,30). The highest BCUT2D eigenvalue weighted by atomic mass is 35.5. The molecule has 0 radical (unpaired) electrons. The van der Waals surface area contributed by atoms with Gasteiger partial charge in [-0.2, -0.15) is 0 Å². The van der Waals surface area contributed by atoms with Crippen LogP contribution in [0.5, 0.6) is 5.75 Å². The number of hydrogen-bond acceptors (Lipinski definition) is 5. The summed E-state index contributed by atoms with van der Waals surface area (Å²) in [6.07, 6.45) is -5.21. The second-order valence-electron chi connectivity index (χ2n) is 6.49. The van der Waals surface area contributed by atoms with Crippen molar-refractivity contribution in [2.24, 2.45) is 0 Å². The molecule has 0 saturated heterocycles. The minimum absolute atomic E-state index is 0.0296. The van der Waals surface area contributed by atoms with Gasteiger partial charge in [0.1, 0.15) is 22.4 Å². The highest BCUT2D eigenvalue weighted by Crippen LogP contribution is 2.23. The van der Waals surface area contributed by atoms with Crippen LogP contribution in [0.2, 0.25) is 5.15 Å². The molecule has 0 saturated carbocycles. The zero-order chi connectivity index (χ0) is 23.6. The van der Waals surface area contributed by atoms with Crippen molar-refractivity contribution in [3.63, 3.8) is 0 Å². The number of nitrogens with one attached hydrogen (secondary N) is 1. The summed E-state index contributed by atoms with van der Waals surface area (Å²) >= 11 is 5.87. The van der Waals surface area contributed by atoms with E-state index in [1.165, 1.54) is 19.1 Å². The molecule has 13 heteroatoms. The van der Waals surface area contributed by atoms with E-state index in [1.54, 1.807) is 0 Å². The van der Waals surface area contributed by atoms with Crippen LogP contribution in [0.15, 0.2) is 41.3 Å². The highest BCUT2D eigenvalue weighted by molar-refractivity contribution is 6.29. The molecule has 0 aliphatic heterocycles. The van der Waals surface area contributed by atoms with Crippen molar-refractivity contribution in [1.82, 2.24) is 14.9 Å². The number of carbonyl (C=O) groups excluding carboxylic acids is 1. The maximum Gasteiger partial charge on any atom is 0.522 e. The van der Waals surface area contributed by atoms with Crippen LogP contribution in [0.4, 0.5) is 26.7 Å². The number of pyridine rings is 2. The van der Waals surface area contributed by atoms with E-state index in [0.29, 0.717) is 6.07 Å². The Labute approximate surface area is 181 Å². The Morgan fingerprint density at radius 2 is 1.97 bits per heavy atom. The maximum absolute atomic E-state index is 14.4. The van der Waals surface area contributed by atoms with Gasteiger partial charge in [0.15, 0.2) is 5.75 Å². The van der Waals surface area contributed by atoms with Gasteiger partial charge >= 0.3 is 12.5 Å². The first kappa shape index (κ1) is 23.4. The van der Waals surface area contributed by atoms with Crippen LogP contribution in [0.3, 0.4) is 0 Å². The molecule has 1 atom stereocenters. The van der Waals surface area contributed by atoms with Crippen molar-refractivity contribution in [1.29, 1.82) is 0 Å². The molecule has 2 heterocycles. The van der Waals surface area contributed by atoms with E-state index < -0.39 is 47.9 Å². The third kappa shape index (κ3) is 5.51. The smallest absolute Gasteiger partial charge is 0.405 e. The average Bonchev–Trinajstić information content (AvgIpc) is 2.68. The molecule has 0 fully saturated rings. The van der Waals surface area contributed by atoms with Crippen molar-refractivity contribution < 1.29 is 36.2 Å². The molecule has 0 aliphatic carbocycles. The number of carbonyl (C=O) groups is 1. The third-order valence-electron chi connectivity index (χ3n) is 4.02. The number of ether oxygens (including phenoxy) is 2. The Morgan fingerprint density at radius 1 is 1.25 bits per heavy atom. The number of alkyl halides is 3. The van der Waals surface area contributed by atoms with Crippen molar-refractivity contribution >= 4 is 28.7 Å². The molecule has 3 rings (SSSR count). The molecule has 0 spiro atoms. The monoisotopic (exact) mass is 477 g/mol. The van der Waals surface area contributed by atoms with Gasteiger partial charge in [0.25, 0.3) is 0 Å². The fourth-order valence-electron chi connectivity index (χ4n) is 2.68. The Morgan fingerprint density at radius 3 is 2.62 bits per heavy atom. The molecule has 1 amide bonds. The van der Waals surface area contributed by atoms with E-state index in [0.717, 1.165) is 22.9 Å². The topological polar surface area (TPSA) is 82.4 Å². The Balaban J connectivity index is 1.98. The predicted molar refractivity (Wildman–Crippen MR) is 103 cm³/mol. The Hall–Kier alpha value is -3.25. The lowest BCUT2D eigenvalue weighted by Gasteiger charge is -2.16. The fraction of sp³-hybridized carbons (Fsp3) is 0.211. The zero-order valence-electron chi connectivity index (χ0n) is 16.0. The lowest BCUT2D eigenvalue weighted by atomic mass is 10.2. The van der Waals surface area contributed by atoms with Crippen LogP contribution >= 0.6 is 11.6 Å². The second kappa shape index (κ2) is 9.09. The summed E-state index contributed by atoms with van der Waals surface area (Å²) in [5.41, 5.74) is -1.16. The molecule has 2 aromatic heterocycles. The average molecular weight is 478 g/mol. The molecule has 1 aromatic carbocycles. The van der Waals surface area contributed by atoms with Gasteiger partial charge < -0.3 is 10.1 Å². The third-order valence-corrected chi connectivity index (χ3v) is 4.23. The number of halogens is 6. The van der Waals surface area contributed by atoms with E-state index in [1.807, 2.05) is 0 Å². The fourth-order valence-corrected chi connectivity index (χ4v) is 2.82. The van der Waals surface area contributed by atoms with Gasteiger partial charge in [0.2, 0.25) is 5.43 Å². The number of rotatable bonds is 5. The zero-order valence-corrected chi connectivity index (χ0v) is 16.8. The SMILES string of the molecule is CC(COC(F)(F)F)NC(=O)Oc1cn(-c2ccc(F)cc2F)c2nc(Cl)ccc2c1=O. The van der Waals surface area contributed by atoms with Crippen LogP contribution in [-0.4, -0.2) is 34.7 Å². The van der Waals surface area contributed by atoms with Gasteiger partial charge in [0, 0.05) is 6.07 Å². The molecular weight excluding hydrogens is 465 g/mol. The maximum atomic E-state index is 14.4. The van der Waals surface area contributed by atoms with Crippen molar-refractivity contribution in [2.45, 2.75) is 19.3 Å². The van der Waals surface area contributed by atoms with Crippen LogP contribution in [0.25, 0.3) is 16.7 Å². The van der Waals surface area contributed by atoms with Gasteiger partial charge in [-0.25, -0.2) is 18.6 Å². The summed E-state index contributed by atoms with van der Waals surface area (Å²) in [6.45, 7) is 0.315. The second-order valence-corrected chi connectivity index (χ2v) is 6.87. The van der Waals surface area contributed by atoms with E-state index in [9.17, 15) is 31.5 Å². The van der Waals surface area contributed by atoms with Gasteiger partial charge in [-0.15, -0.1) is 13.2 Å². The first-order valence-electron chi connectivity index (χ1n) is 8.81. The van der Waals surface area contributed by atoms with Gasteiger partial charge in [-0.05, 0) is 31.2 Å². The largest absolute Gasteiger partial charge is 0.522 e. The van der Waals surface area contributed by atoms with Gasteiger partial charge in [0.05, 0.1) is 29.9 Å². The summed E-state index contributed by atoms with van der Waals surface area (Å²) in [7, 11) is 0. The quantitative estimate of drug-likeness (QED) is 0.437. The van der Waals surface area contributed by atoms with E-state index in [-0.39, 0.29) is 21.9 Å². The van der Waals surface area contributed by atoms with E-state index in [2.05, 4.69) is 15.0 Å². The lowest BCUT2D eigenvalue weighted by molar-refractivity contribution is -0.325. The van der Waals surface area contributed by atoms with Crippen molar-refractivity contribution in [3.05, 3.63) is 63.5 Å². The number of nitrogens with zero attached hydrogens (tertiary/aromatic N) is 2. The van der Waals surface area contributed by atoms with Crippen LogP contribution in [0, 0.1) is 11.6 Å². The summed E-state index contributed by atoms with van der Waals surface area (Å²) in [6, 6.07) is 4.04. The summed E-state index contributed by atoms with van der Waals surface area (Å²) < 4.78 is 73.6. The van der Waals surface area contributed by atoms with Crippen molar-refractivity contribution in [2.75, 3.05) is 6.61 Å². The molecule has 170 valence electrons. The predicted octanol–water partition coefficient (Wildman–Crippen LogP) is 4.33. The molecule has 1 N–H and O–H groups in total. The normalized spacial score (nSPS) is 12.6. The van der Waals surface area contributed by atoms with E-state index >= 15 is 0 Å². The van der Waals surface area contributed by atoms with Crippen LogP contribution < -0.4 is 15.5 Å². The number of aromatic nitrogens is 2. The first-order chi connectivity index (χ1) is 14.9. The number of hydrogen-bond donors (Lipinski definition) is 1. The summed E-state index contributed by atoms with van der Waals surface area (Å²) in [4.78, 5) is 28.8. The molecular formula is C19H13ClF5N3O4. The number of benzene rings is 1. The number of amides is 1. The summed E-state index contributed by atoms with van der Waals surface area (Å²) in [5, 5.41) is 1.93. The molecule has 7 nitrogen and oxygen atoms in total. The molecule has 32 heavy (non-hydrogen) atoms. The molecule has 3 aromatic rings. The molecule has 0 aliphatic rings. The van der Waals surface area contributed by atoms with Crippen LogP contribution in [0.1, 0.15) is 6.92 Å².